The Bertz CT molecular complexity index is 2290. The van der Waals surface area contributed by atoms with Crippen LogP contribution in [-0.4, -0.2) is 96.7 Å². The van der Waals surface area contributed by atoms with Crippen LogP contribution in [0.25, 0.3) is 0 Å². The monoisotopic (exact) mass is 1420 g/mol. The molecule has 0 saturated heterocycles. The van der Waals surface area contributed by atoms with E-state index in [0.717, 1.165) is 148 Å². The lowest BCUT2D eigenvalue weighted by molar-refractivity contribution is -0.161. The third-order valence-electron chi connectivity index (χ3n) is 15.8. The zero-order valence-corrected chi connectivity index (χ0v) is 63.2. The summed E-state index contributed by atoms with van der Waals surface area (Å²) in [5.41, 5.74) is 0. The molecule has 0 aromatic rings. The van der Waals surface area contributed by atoms with Gasteiger partial charge in [0.25, 0.3) is 0 Å². The number of aliphatic hydroxyl groups excluding tert-OH is 1. The lowest BCUT2D eigenvalue weighted by atomic mass is 10.1. The molecule has 0 heterocycles. The number of aliphatic hydroxyl groups is 1. The molecule has 3 N–H and O–H groups in total. The van der Waals surface area contributed by atoms with Gasteiger partial charge in [0.15, 0.2) is 12.2 Å². The summed E-state index contributed by atoms with van der Waals surface area (Å²) in [6.07, 6.45) is 75.4. The lowest BCUT2D eigenvalue weighted by Gasteiger charge is -2.21. The van der Waals surface area contributed by atoms with Crippen LogP contribution in [-0.2, 0) is 65.4 Å². The number of esters is 4. The number of rotatable bonds is 71. The van der Waals surface area contributed by atoms with Gasteiger partial charge in [-0.15, -0.1) is 0 Å². The lowest BCUT2D eigenvalue weighted by Crippen LogP contribution is -2.30. The summed E-state index contributed by atoms with van der Waals surface area (Å²) in [7, 11) is -9.97. The molecule has 0 aromatic heterocycles. The van der Waals surface area contributed by atoms with Gasteiger partial charge in [-0.3, -0.25) is 37.3 Å². The zero-order valence-electron chi connectivity index (χ0n) is 61.4. The van der Waals surface area contributed by atoms with E-state index in [9.17, 15) is 43.2 Å². The van der Waals surface area contributed by atoms with Crippen molar-refractivity contribution < 1.29 is 80.2 Å². The van der Waals surface area contributed by atoms with Crippen LogP contribution in [0.2, 0.25) is 0 Å². The number of hydrogen-bond acceptors (Lipinski definition) is 15. The van der Waals surface area contributed by atoms with Gasteiger partial charge in [-0.25, -0.2) is 9.13 Å². The van der Waals surface area contributed by atoms with E-state index in [2.05, 4.69) is 113 Å². The molecule has 0 spiro atoms. The largest absolute Gasteiger partial charge is 0.472 e. The van der Waals surface area contributed by atoms with Crippen molar-refractivity contribution in [3.05, 3.63) is 109 Å². The first-order valence-electron chi connectivity index (χ1n) is 38.1. The van der Waals surface area contributed by atoms with Crippen LogP contribution in [0.15, 0.2) is 109 Å². The van der Waals surface area contributed by atoms with Crippen molar-refractivity contribution in [2.75, 3.05) is 39.6 Å². The van der Waals surface area contributed by atoms with Crippen molar-refractivity contribution in [2.24, 2.45) is 0 Å². The second kappa shape index (κ2) is 71.1. The molecule has 0 aromatic carbocycles. The highest BCUT2D eigenvalue weighted by atomic mass is 31.2. The second-order valence-electron chi connectivity index (χ2n) is 25.2. The van der Waals surface area contributed by atoms with Crippen LogP contribution in [0.4, 0.5) is 0 Å². The molecule has 0 amide bonds. The minimum atomic E-state index is -4.99. The molecule has 19 heteroatoms. The van der Waals surface area contributed by atoms with E-state index < -0.39 is 97.5 Å². The van der Waals surface area contributed by atoms with E-state index in [-0.39, 0.29) is 25.7 Å². The second-order valence-corrected chi connectivity index (χ2v) is 28.1. The fraction of sp³-hybridized carbons (Fsp3) is 0.722. The molecule has 0 bridgehead atoms. The summed E-state index contributed by atoms with van der Waals surface area (Å²) >= 11 is 0. The fourth-order valence-corrected chi connectivity index (χ4v) is 11.5. The Morgan fingerprint density at radius 2 is 0.571 bits per heavy atom. The number of phosphoric acid groups is 2. The Kier molecular flexibility index (Phi) is 68.0. The number of carbonyl (C=O) groups is 4. The van der Waals surface area contributed by atoms with Crippen molar-refractivity contribution in [1.29, 1.82) is 0 Å². The maximum Gasteiger partial charge on any atom is 0.472 e. The van der Waals surface area contributed by atoms with E-state index in [1.165, 1.54) is 83.5 Å². The Balaban J connectivity index is 5.37. The SMILES string of the molecule is CC/C=C\C/C=C\C/C=C\C/C=C\C/C=C\CC(=O)OCC(COP(=O)(O)OCC(O)COP(=O)(O)OCC(COC(=O)CCCCCCCC/C=C\C/C=C\C/C=C\CCCCC)OC(=O)CCCCCCC/C=C\CCCCCC)OC(=O)CCCCCCCCCCCCC. The maximum absolute atomic E-state index is 13.1. The average Bonchev–Trinajstić information content (AvgIpc) is 1.94. The number of unbranched alkanes of at least 4 members (excludes halogenated alkanes) is 28. The first-order chi connectivity index (χ1) is 47.7. The summed E-state index contributed by atoms with van der Waals surface area (Å²) in [6.45, 7) is 4.58. The van der Waals surface area contributed by atoms with Crippen LogP contribution < -0.4 is 0 Å². The van der Waals surface area contributed by atoms with Crippen molar-refractivity contribution in [3.63, 3.8) is 0 Å². The van der Waals surface area contributed by atoms with Crippen molar-refractivity contribution >= 4 is 39.5 Å². The van der Waals surface area contributed by atoms with Crippen LogP contribution in [0, 0.1) is 0 Å². The van der Waals surface area contributed by atoms with Gasteiger partial charge in [-0.1, -0.05) is 278 Å². The number of phosphoric ester groups is 2. The van der Waals surface area contributed by atoms with Gasteiger partial charge >= 0.3 is 39.5 Å². The molecular formula is C79H136O17P2. The van der Waals surface area contributed by atoms with Crippen LogP contribution >= 0.6 is 15.6 Å². The van der Waals surface area contributed by atoms with E-state index in [0.29, 0.717) is 25.7 Å². The predicted molar refractivity (Wildman–Crippen MR) is 399 cm³/mol. The van der Waals surface area contributed by atoms with Gasteiger partial charge in [0.05, 0.1) is 32.8 Å². The summed E-state index contributed by atoms with van der Waals surface area (Å²) in [5, 5.41) is 10.6. The van der Waals surface area contributed by atoms with Crippen molar-refractivity contribution in [2.45, 2.75) is 329 Å². The van der Waals surface area contributed by atoms with Gasteiger partial charge < -0.3 is 33.8 Å². The Morgan fingerprint density at radius 3 is 0.949 bits per heavy atom. The number of ether oxygens (including phenoxy) is 4. The van der Waals surface area contributed by atoms with Crippen molar-refractivity contribution in [1.82, 2.24) is 0 Å². The molecule has 0 radical (unpaired) electrons. The minimum absolute atomic E-state index is 0.0698. The summed E-state index contributed by atoms with van der Waals surface area (Å²) in [6, 6.07) is 0. The fourth-order valence-electron chi connectivity index (χ4n) is 9.94. The van der Waals surface area contributed by atoms with Gasteiger partial charge in [0, 0.05) is 19.3 Å². The van der Waals surface area contributed by atoms with E-state index in [4.69, 9.17) is 37.0 Å². The molecule has 0 aliphatic heterocycles. The molecule has 0 saturated carbocycles. The highest BCUT2D eigenvalue weighted by molar-refractivity contribution is 7.47. The third kappa shape index (κ3) is 70.2. The molecule has 0 rings (SSSR count). The molecule has 0 aliphatic rings. The topological polar surface area (TPSA) is 237 Å². The number of carbonyl (C=O) groups excluding carboxylic acids is 4. The minimum Gasteiger partial charge on any atom is -0.462 e. The average molecular weight is 1420 g/mol. The van der Waals surface area contributed by atoms with Crippen molar-refractivity contribution in [3.8, 4) is 0 Å². The first-order valence-corrected chi connectivity index (χ1v) is 41.1. The molecular weight excluding hydrogens is 1280 g/mol. The Morgan fingerprint density at radius 1 is 0.306 bits per heavy atom. The molecule has 5 atom stereocenters. The molecule has 5 unspecified atom stereocenters. The van der Waals surface area contributed by atoms with Gasteiger partial charge in [-0.05, 0) is 116 Å². The van der Waals surface area contributed by atoms with E-state index in [1.807, 2.05) is 18.2 Å². The summed E-state index contributed by atoms with van der Waals surface area (Å²) in [4.78, 5) is 72.7. The van der Waals surface area contributed by atoms with Gasteiger partial charge in [-0.2, -0.15) is 0 Å². The molecule has 17 nitrogen and oxygen atoms in total. The summed E-state index contributed by atoms with van der Waals surface area (Å²) < 4.78 is 68.3. The highest BCUT2D eigenvalue weighted by Gasteiger charge is 2.30. The highest BCUT2D eigenvalue weighted by Crippen LogP contribution is 2.45. The van der Waals surface area contributed by atoms with E-state index in [1.54, 1.807) is 6.08 Å². The molecule has 98 heavy (non-hydrogen) atoms. The number of hydrogen-bond donors (Lipinski definition) is 3. The molecule has 564 valence electrons. The molecule has 0 aliphatic carbocycles. The summed E-state index contributed by atoms with van der Waals surface area (Å²) in [5.74, 6) is -2.34. The quantitative estimate of drug-likeness (QED) is 0.0169. The van der Waals surface area contributed by atoms with Gasteiger partial charge in [0.1, 0.15) is 19.3 Å². The standard InChI is InChI=1S/C79H136O17P2/c1-5-9-13-17-21-25-29-32-34-35-36-37-39-42-45-48-52-56-60-64-77(82)90-70-75(96-79(84)66-62-58-54-50-46-40-31-27-23-19-15-11-7-3)72-94-98(87,88)92-68-73(80)67-91-97(85,86)93-71-74(95-78(83)65-61-57-53-49-43-28-24-20-16-12-8-4)69-89-76(81)63-59-55-51-47-44-41-38-33-30-26-22-18-14-10-6-2/h10,14,21-22,25-27,31-34,36-38,44,47,55,59,73-75,80H,5-9,11-13,15-20,23-24,28-30,35,39-43,45-46,48-54,56-58,60-72H2,1-4H3,(H,85,86)(H,87,88)/b14-10-,25-21-,26-22-,31-27-,34-32-,37-36-,38-33-,47-44-,59-55-. The van der Waals surface area contributed by atoms with Gasteiger partial charge in [0.2, 0.25) is 0 Å². The van der Waals surface area contributed by atoms with Crippen LogP contribution in [0.5, 0.6) is 0 Å². The van der Waals surface area contributed by atoms with Crippen LogP contribution in [0.3, 0.4) is 0 Å². The first kappa shape index (κ1) is 93.7. The third-order valence-corrected chi connectivity index (χ3v) is 17.7. The van der Waals surface area contributed by atoms with Crippen LogP contribution in [0.1, 0.15) is 310 Å². The Labute approximate surface area is 594 Å². The van der Waals surface area contributed by atoms with E-state index >= 15 is 0 Å². The maximum atomic E-state index is 13.1. The normalized spacial score (nSPS) is 14.6. The number of allylic oxidation sites excluding steroid dienone is 17. The Hall–Kier alpha value is -4.28. The predicted octanol–water partition coefficient (Wildman–Crippen LogP) is 21.8. The molecule has 0 fully saturated rings. The zero-order chi connectivity index (χ0) is 71.8. The smallest absolute Gasteiger partial charge is 0.462 e.